The second-order valence-corrected chi connectivity index (χ2v) is 8.51. The van der Waals surface area contributed by atoms with Gasteiger partial charge in [-0.25, -0.2) is 4.79 Å². The van der Waals surface area contributed by atoms with Crippen molar-refractivity contribution in [2.24, 2.45) is 0 Å². The van der Waals surface area contributed by atoms with Crippen molar-refractivity contribution in [3.05, 3.63) is 83.9 Å². The molecule has 2 unspecified atom stereocenters. The summed E-state index contributed by atoms with van der Waals surface area (Å²) >= 11 is 0. The van der Waals surface area contributed by atoms with Crippen LogP contribution in [0.5, 0.6) is 11.5 Å². The third kappa shape index (κ3) is 6.67. The number of epoxide rings is 2. The normalized spacial score (nSPS) is 18.4. The molecule has 3 aromatic carbocycles. The van der Waals surface area contributed by atoms with Crippen LogP contribution in [0.1, 0.15) is 22.3 Å². The number of ether oxygens (including phenoxy) is 5. The van der Waals surface area contributed by atoms with Crippen molar-refractivity contribution >= 4 is 5.97 Å². The van der Waals surface area contributed by atoms with Gasteiger partial charge in [-0.05, 0) is 59.5 Å². The molecule has 6 heteroatoms. The predicted octanol–water partition coefficient (Wildman–Crippen LogP) is 4.70. The topological polar surface area (TPSA) is 69.8 Å². The van der Waals surface area contributed by atoms with E-state index >= 15 is 0 Å². The summed E-state index contributed by atoms with van der Waals surface area (Å²) in [5.41, 5.74) is 3.74. The summed E-state index contributed by atoms with van der Waals surface area (Å²) in [6, 6.07) is 22.9. The zero-order valence-corrected chi connectivity index (χ0v) is 19.0. The highest BCUT2D eigenvalue weighted by Crippen LogP contribution is 2.25. The van der Waals surface area contributed by atoms with E-state index < -0.39 is 0 Å². The second kappa shape index (κ2) is 10.8. The molecule has 6 nitrogen and oxygen atoms in total. The molecule has 2 saturated heterocycles. The minimum Gasteiger partial charge on any atom is -0.493 e. The average Bonchev–Trinajstić information content (AvgIpc) is 3.79. The number of carbonyl (C=O) groups is 1. The van der Waals surface area contributed by atoms with E-state index in [9.17, 15) is 4.79 Å². The largest absolute Gasteiger partial charge is 0.493 e. The van der Waals surface area contributed by atoms with E-state index in [0.29, 0.717) is 37.2 Å². The van der Waals surface area contributed by atoms with Crippen molar-refractivity contribution < 1.29 is 28.5 Å². The lowest BCUT2D eigenvalue weighted by atomic mass is 10.1. The Bertz CT molecular complexity index is 1070. The molecule has 0 radical (unpaired) electrons. The fourth-order valence-electron chi connectivity index (χ4n) is 3.54. The zero-order valence-electron chi connectivity index (χ0n) is 19.0. The number of esters is 1. The Hall–Kier alpha value is -3.19. The Kier molecular flexibility index (Phi) is 7.19. The van der Waals surface area contributed by atoms with Gasteiger partial charge in [0.1, 0.15) is 17.6 Å². The summed E-state index contributed by atoms with van der Waals surface area (Å²) in [5, 5.41) is 0. The first kappa shape index (κ1) is 22.6. The van der Waals surface area contributed by atoms with Gasteiger partial charge in [-0.2, -0.15) is 0 Å². The van der Waals surface area contributed by atoms with Gasteiger partial charge >= 0.3 is 5.97 Å². The van der Waals surface area contributed by atoms with Crippen molar-refractivity contribution in [2.45, 2.75) is 25.0 Å². The summed E-state index contributed by atoms with van der Waals surface area (Å²) in [5.74, 6) is 0.983. The maximum Gasteiger partial charge on any atom is 0.343 e. The summed E-state index contributed by atoms with van der Waals surface area (Å²) in [6.07, 6.45) is 2.39. The molecule has 5 rings (SSSR count). The second-order valence-electron chi connectivity index (χ2n) is 8.51. The Morgan fingerprint density at radius 3 is 2.00 bits per heavy atom. The molecule has 0 aliphatic carbocycles. The minimum absolute atomic E-state index is 0.281. The van der Waals surface area contributed by atoms with Gasteiger partial charge in [0.2, 0.25) is 0 Å². The maximum atomic E-state index is 12.5. The van der Waals surface area contributed by atoms with Crippen LogP contribution in [-0.4, -0.2) is 51.2 Å². The van der Waals surface area contributed by atoms with E-state index in [0.717, 1.165) is 48.5 Å². The Morgan fingerprint density at radius 2 is 1.38 bits per heavy atom. The highest BCUT2D eigenvalue weighted by molar-refractivity contribution is 5.91. The molecule has 0 aromatic heterocycles. The molecule has 2 fully saturated rings. The van der Waals surface area contributed by atoms with E-state index in [1.165, 1.54) is 0 Å². The standard InChI is InChI=1S/C28H28O6/c29-28(23-3-1-20(2-4-23)13-15-30-17-27-19-33-27)34-25-11-7-22(8-12-25)21-5-9-24(10-6-21)31-16-14-26-18-32-26/h1-12,26-27H,13-19H2. The van der Waals surface area contributed by atoms with Crippen LogP contribution in [0, 0.1) is 0 Å². The van der Waals surface area contributed by atoms with Crippen LogP contribution < -0.4 is 9.47 Å². The number of carbonyl (C=O) groups excluding carboxylic acids is 1. The molecule has 2 atom stereocenters. The van der Waals surface area contributed by atoms with Crippen LogP contribution in [0.15, 0.2) is 72.8 Å². The molecule has 2 aliphatic rings. The first-order chi connectivity index (χ1) is 16.7. The Morgan fingerprint density at radius 1 is 0.765 bits per heavy atom. The molecule has 0 spiro atoms. The van der Waals surface area contributed by atoms with E-state index in [2.05, 4.69) is 0 Å². The lowest BCUT2D eigenvalue weighted by Crippen LogP contribution is -2.09. The highest BCUT2D eigenvalue weighted by Gasteiger charge is 2.22. The third-order valence-corrected chi connectivity index (χ3v) is 5.79. The Labute approximate surface area is 199 Å². The van der Waals surface area contributed by atoms with Gasteiger partial charge in [-0.15, -0.1) is 0 Å². The van der Waals surface area contributed by atoms with Gasteiger partial charge in [0.25, 0.3) is 0 Å². The summed E-state index contributed by atoms with van der Waals surface area (Å²) in [7, 11) is 0. The average molecular weight is 461 g/mol. The van der Waals surface area contributed by atoms with Crippen molar-refractivity contribution in [1.82, 2.24) is 0 Å². The molecule has 176 valence electrons. The number of rotatable bonds is 12. The van der Waals surface area contributed by atoms with E-state index in [-0.39, 0.29) is 12.1 Å². The molecule has 0 N–H and O–H groups in total. The van der Waals surface area contributed by atoms with Crippen molar-refractivity contribution in [2.75, 3.05) is 33.0 Å². The lowest BCUT2D eigenvalue weighted by Gasteiger charge is -2.08. The smallest absolute Gasteiger partial charge is 0.343 e. The molecule has 2 heterocycles. The van der Waals surface area contributed by atoms with Crippen LogP contribution >= 0.6 is 0 Å². The third-order valence-electron chi connectivity index (χ3n) is 5.79. The quantitative estimate of drug-likeness (QED) is 0.169. The van der Waals surface area contributed by atoms with Crippen LogP contribution in [0.2, 0.25) is 0 Å². The van der Waals surface area contributed by atoms with Gasteiger partial charge in [-0.3, -0.25) is 0 Å². The molecular weight excluding hydrogens is 432 g/mol. The van der Waals surface area contributed by atoms with E-state index in [1.807, 2.05) is 60.7 Å². The van der Waals surface area contributed by atoms with Gasteiger partial charge in [0.05, 0.1) is 44.7 Å². The lowest BCUT2D eigenvalue weighted by molar-refractivity contribution is 0.0734. The number of hydrogen-bond donors (Lipinski definition) is 0. The molecule has 0 amide bonds. The van der Waals surface area contributed by atoms with Gasteiger partial charge in [-0.1, -0.05) is 36.4 Å². The molecule has 3 aromatic rings. The SMILES string of the molecule is O=C(Oc1ccc(-c2ccc(OCCC3CO3)cc2)cc1)c1ccc(CCOCC2CO2)cc1. The van der Waals surface area contributed by atoms with Crippen molar-refractivity contribution in [1.29, 1.82) is 0 Å². The number of hydrogen-bond acceptors (Lipinski definition) is 6. The van der Waals surface area contributed by atoms with Crippen LogP contribution in [0.25, 0.3) is 11.1 Å². The van der Waals surface area contributed by atoms with E-state index in [4.69, 9.17) is 23.7 Å². The molecule has 2 aliphatic heterocycles. The summed E-state index contributed by atoms with van der Waals surface area (Å²) in [6.45, 7) is 3.62. The fourth-order valence-corrected chi connectivity index (χ4v) is 3.54. The first-order valence-corrected chi connectivity index (χ1v) is 11.7. The van der Waals surface area contributed by atoms with Crippen molar-refractivity contribution in [3.8, 4) is 22.6 Å². The zero-order chi connectivity index (χ0) is 23.2. The predicted molar refractivity (Wildman–Crippen MR) is 127 cm³/mol. The fraction of sp³-hybridized carbons (Fsp3) is 0.321. The highest BCUT2D eigenvalue weighted by atomic mass is 16.6. The van der Waals surface area contributed by atoms with Crippen LogP contribution in [0.4, 0.5) is 0 Å². The molecular formula is C28H28O6. The summed E-state index contributed by atoms with van der Waals surface area (Å²) in [4.78, 5) is 12.5. The monoisotopic (exact) mass is 460 g/mol. The number of benzene rings is 3. The van der Waals surface area contributed by atoms with E-state index in [1.54, 1.807) is 12.1 Å². The first-order valence-electron chi connectivity index (χ1n) is 11.7. The molecule has 0 saturated carbocycles. The van der Waals surface area contributed by atoms with Gasteiger partial charge in [0.15, 0.2) is 0 Å². The van der Waals surface area contributed by atoms with Crippen LogP contribution in [-0.2, 0) is 20.6 Å². The van der Waals surface area contributed by atoms with Gasteiger partial charge < -0.3 is 23.7 Å². The van der Waals surface area contributed by atoms with Crippen molar-refractivity contribution in [3.63, 3.8) is 0 Å². The Balaban J connectivity index is 1.09. The van der Waals surface area contributed by atoms with Crippen LogP contribution in [0.3, 0.4) is 0 Å². The maximum absolute atomic E-state index is 12.5. The molecule has 34 heavy (non-hydrogen) atoms. The minimum atomic E-state index is -0.375. The van der Waals surface area contributed by atoms with Gasteiger partial charge in [0, 0.05) is 6.42 Å². The summed E-state index contributed by atoms with van der Waals surface area (Å²) < 4.78 is 27.2. The molecule has 0 bridgehead atoms.